The molecule has 1 aliphatic heterocycles. The minimum absolute atomic E-state index is 0.0202. The zero-order valence-corrected chi connectivity index (χ0v) is 13.1. The summed E-state index contributed by atoms with van der Waals surface area (Å²) >= 11 is 0. The molecule has 1 aromatic carbocycles. The van der Waals surface area contributed by atoms with Gasteiger partial charge in [-0.2, -0.15) is 0 Å². The zero-order valence-electron chi connectivity index (χ0n) is 13.1. The summed E-state index contributed by atoms with van der Waals surface area (Å²) in [6.07, 6.45) is 0. The Hall–Kier alpha value is -1.75. The monoisotopic (exact) mass is 291 g/mol. The number of nitrogens with zero attached hydrogens (tertiary/aromatic N) is 2. The van der Waals surface area contributed by atoms with E-state index in [0.717, 1.165) is 26.2 Å². The van der Waals surface area contributed by atoms with Gasteiger partial charge in [0.2, 0.25) is 0 Å². The predicted octanol–water partition coefficient (Wildman–Crippen LogP) is 1.59. The molecule has 0 aliphatic carbocycles. The molecule has 0 bridgehead atoms. The van der Waals surface area contributed by atoms with Crippen molar-refractivity contribution in [3.05, 3.63) is 24.3 Å². The Bertz CT molecular complexity index is 489. The molecule has 1 fully saturated rings. The second kappa shape index (κ2) is 6.35. The molecule has 0 unspecified atom stereocenters. The average Bonchev–Trinajstić information content (AvgIpc) is 2.45. The molecular formula is C16H25N3O2. The molecule has 21 heavy (non-hydrogen) atoms. The van der Waals surface area contributed by atoms with Crippen molar-refractivity contribution in [1.29, 1.82) is 0 Å². The molecule has 0 atom stereocenters. The number of carbonyl (C=O) groups excluding carboxylic acids is 1. The molecular weight excluding hydrogens is 266 g/mol. The van der Waals surface area contributed by atoms with Crippen LogP contribution in [-0.2, 0) is 4.79 Å². The van der Waals surface area contributed by atoms with E-state index in [2.05, 4.69) is 25.7 Å². The van der Waals surface area contributed by atoms with Gasteiger partial charge in [-0.1, -0.05) is 12.1 Å². The first kappa shape index (κ1) is 15.6. The summed E-state index contributed by atoms with van der Waals surface area (Å²) in [7, 11) is 0. The van der Waals surface area contributed by atoms with Gasteiger partial charge in [0.1, 0.15) is 5.75 Å². The van der Waals surface area contributed by atoms with Crippen molar-refractivity contribution in [3.8, 4) is 5.75 Å². The molecule has 5 heteroatoms. The van der Waals surface area contributed by atoms with E-state index in [0.29, 0.717) is 11.4 Å². The first-order chi connectivity index (χ1) is 9.88. The minimum Gasteiger partial charge on any atom is -0.482 e. The van der Waals surface area contributed by atoms with Gasteiger partial charge in [0.05, 0.1) is 5.69 Å². The van der Waals surface area contributed by atoms with Crippen molar-refractivity contribution in [3.63, 3.8) is 0 Å². The highest BCUT2D eigenvalue weighted by molar-refractivity contribution is 5.78. The summed E-state index contributed by atoms with van der Waals surface area (Å²) in [4.78, 5) is 16.4. The van der Waals surface area contributed by atoms with Gasteiger partial charge in [0.25, 0.3) is 5.91 Å². The molecule has 0 spiro atoms. The zero-order chi connectivity index (χ0) is 15.5. The SMILES string of the molecule is CC(C)(C)N1CCN(C(=O)COc2ccccc2N)CC1. The smallest absolute Gasteiger partial charge is 0.260 e. The van der Waals surface area contributed by atoms with Gasteiger partial charge >= 0.3 is 0 Å². The van der Waals surface area contributed by atoms with Crippen LogP contribution in [0, 0.1) is 0 Å². The van der Waals surface area contributed by atoms with E-state index in [1.165, 1.54) is 0 Å². The lowest BCUT2D eigenvalue weighted by atomic mass is 10.1. The fraction of sp³-hybridized carbons (Fsp3) is 0.562. The van der Waals surface area contributed by atoms with E-state index in [4.69, 9.17) is 10.5 Å². The number of ether oxygens (including phenoxy) is 1. The maximum Gasteiger partial charge on any atom is 0.260 e. The summed E-state index contributed by atoms with van der Waals surface area (Å²) in [5, 5.41) is 0. The van der Waals surface area contributed by atoms with Crippen molar-refractivity contribution >= 4 is 11.6 Å². The largest absolute Gasteiger partial charge is 0.482 e. The van der Waals surface area contributed by atoms with Crippen LogP contribution in [0.1, 0.15) is 20.8 Å². The Morgan fingerprint density at radius 1 is 1.19 bits per heavy atom. The Balaban J connectivity index is 1.82. The van der Waals surface area contributed by atoms with Gasteiger partial charge in [-0.25, -0.2) is 0 Å². The fourth-order valence-corrected chi connectivity index (χ4v) is 2.47. The number of piperazine rings is 1. The normalized spacial score (nSPS) is 16.8. The fourth-order valence-electron chi connectivity index (χ4n) is 2.47. The Kier molecular flexibility index (Phi) is 4.73. The first-order valence-corrected chi connectivity index (χ1v) is 7.38. The summed E-state index contributed by atoms with van der Waals surface area (Å²) in [6, 6.07) is 7.23. The van der Waals surface area contributed by atoms with E-state index in [9.17, 15) is 4.79 Å². The van der Waals surface area contributed by atoms with Crippen molar-refractivity contribution in [2.45, 2.75) is 26.3 Å². The molecule has 0 aromatic heterocycles. The Morgan fingerprint density at radius 2 is 1.81 bits per heavy atom. The van der Waals surface area contributed by atoms with E-state index in [1.807, 2.05) is 17.0 Å². The standard InChI is InChI=1S/C16H25N3O2/c1-16(2,3)19-10-8-18(9-11-19)15(20)12-21-14-7-5-4-6-13(14)17/h4-7H,8-12,17H2,1-3H3. The number of amides is 1. The topological polar surface area (TPSA) is 58.8 Å². The molecule has 0 radical (unpaired) electrons. The molecule has 1 saturated heterocycles. The molecule has 1 amide bonds. The van der Waals surface area contributed by atoms with E-state index < -0.39 is 0 Å². The van der Waals surface area contributed by atoms with Gasteiger partial charge < -0.3 is 15.4 Å². The number of hydrogen-bond acceptors (Lipinski definition) is 4. The number of nitrogen functional groups attached to an aromatic ring is 1. The number of nitrogens with two attached hydrogens (primary N) is 1. The van der Waals surface area contributed by atoms with Gasteiger partial charge in [-0.3, -0.25) is 9.69 Å². The molecule has 1 aliphatic rings. The van der Waals surface area contributed by atoms with Crippen molar-refractivity contribution in [1.82, 2.24) is 9.80 Å². The number of rotatable bonds is 3. The second-order valence-electron chi connectivity index (χ2n) is 6.37. The number of carbonyl (C=O) groups is 1. The lowest BCUT2D eigenvalue weighted by Crippen LogP contribution is -2.55. The third kappa shape index (κ3) is 4.11. The van der Waals surface area contributed by atoms with Crippen LogP contribution in [0.3, 0.4) is 0 Å². The summed E-state index contributed by atoms with van der Waals surface area (Å²) < 4.78 is 5.52. The second-order valence-corrected chi connectivity index (χ2v) is 6.37. The van der Waals surface area contributed by atoms with E-state index in [-0.39, 0.29) is 18.1 Å². The minimum atomic E-state index is 0.0202. The molecule has 0 saturated carbocycles. The molecule has 2 N–H and O–H groups in total. The molecule has 116 valence electrons. The van der Waals surface area contributed by atoms with E-state index >= 15 is 0 Å². The van der Waals surface area contributed by atoms with Crippen LogP contribution in [0.5, 0.6) is 5.75 Å². The number of anilines is 1. The van der Waals surface area contributed by atoms with Crippen LogP contribution in [0.15, 0.2) is 24.3 Å². The molecule has 2 rings (SSSR count). The van der Waals surface area contributed by atoms with Gasteiger partial charge in [0.15, 0.2) is 6.61 Å². The van der Waals surface area contributed by atoms with Crippen molar-refractivity contribution in [2.24, 2.45) is 0 Å². The maximum absolute atomic E-state index is 12.2. The van der Waals surface area contributed by atoms with Crippen molar-refractivity contribution in [2.75, 3.05) is 38.5 Å². The van der Waals surface area contributed by atoms with Crippen LogP contribution in [0.4, 0.5) is 5.69 Å². The predicted molar refractivity (Wildman–Crippen MR) is 84.3 cm³/mol. The van der Waals surface area contributed by atoms with Gasteiger partial charge in [0, 0.05) is 31.7 Å². The Morgan fingerprint density at radius 3 is 2.38 bits per heavy atom. The molecule has 5 nitrogen and oxygen atoms in total. The van der Waals surface area contributed by atoms with Crippen LogP contribution in [0.25, 0.3) is 0 Å². The van der Waals surface area contributed by atoms with Crippen LogP contribution < -0.4 is 10.5 Å². The average molecular weight is 291 g/mol. The maximum atomic E-state index is 12.2. The Labute approximate surface area is 126 Å². The number of benzene rings is 1. The third-order valence-corrected chi connectivity index (χ3v) is 3.85. The highest BCUT2D eigenvalue weighted by atomic mass is 16.5. The van der Waals surface area contributed by atoms with Gasteiger partial charge in [-0.15, -0.1) is 0 Å². The highest BCUT2D eigenvalue weighted by Gasteiger charge is 2.27. The molecule has 1 aromatic rings. The van der Waals surface area contributed by atoms with Crippen LogP contribution in [-0.4, -0.2) is 54.0 Å². The van der Waals surface area contributed by atoms with Crippen LogP contribution in [0.2, 0.25) is 0 Å². The lowest BCUT2D eigenvalue weighted by Gasteiger charge is -2.42. The summed E-state index contributed by atoms with van der Waals surface area (Å²) in [6.45, 7) is 9.96. The summed E-state index contributed by atoms with van der Waals surface area (Å²) in [5.41, 5.74) is 6.51. The highest BCUT2D eigenvalue weighted by Crippen LogP contribution is 2.20. The first-order valence-electron chi connectivity index (χ1n) is 7.38. The number of para-hydroxylation sites is 2. The lowest BCUT2D eigenvalue weighted by molar-refractivity contribution is -0.135. The van der Waals surface area contributed by atoms with Gasteiger partial charge in [-0.05, 0) is 32.9 Å². The van der Waals surface area contributed by atoms with Crippen LogP contribution >= 0.6 is 0 Å². The van der Waals surface area contributed by atoms with E-state index in [1.54, 1.807) is 12.1 Å². The number of hydrogen-bond donors (Lipinski definition) is 1. The van der Waals surface area contributed by atoms with Crippen molar-refractivity contribution < 1.29 is 9.53 Å². The summed E-state index contributed by atoms with van der Waals surface area (Å²) in [5.74, 6) is 0.589. The quantitative estimate of drug-likeness (QED) is 0.859. The third-order valence-electron chi connectivity index (χ3n) is 3.85. The molecule has 1 heterocycles.